The second-order valence-electron chi connectivity index (χ2n) is 5.04. The number of anilines is 1. The summed E-state index contributed by atoms with van der Waals surface area (Å²) in [5.41, 5.74) is 2.11. The van der Waals surface area contributed by atoms with Gasteiger partial charge in [0.1, 0.15) is 0 Å². The molecular formula is C16H18N4O3. The summed E-state index contributed by atoms with van der Waals surface area (Å²) >= 11 is 0. The molecule has 1 amide bonds. The van der Waals surface area contributed by atoms with Crippen molar-refractivity contribution in [1.29, 1.82) is 0 Å². The number of rotatable bonds is 6. The van der Waals surface area contributed by atoms with Crippen molar-refractivity contribution >= 4 is 17.4 Å². The molecule has 0 radical (unpaired) electrons. The molecule has 0 aliphatic carbocycles. The van der Waals surface area contributed by atoms with Crippen molar-refractivity contribution in [3.05, 3.63) is 63.3 Å². The summed E-state index contributed by atoms with van der Waals surface area (Å²) in [5.74, 6) is 0.119. The van der Waals surface area contributed by atoms with E-state index in [9.17, 15) is 14.9 Å². The number of nitrogens with one attached hydrogen (secondary N) is 2. The van der Waals surface area contributed by atoms with Crippen molar-refractivity contribution in [2.45, 2.75) is 13.3 Å². The summed E-state index contributed by atoms with van der Waals surface area (Å²) in [6, 6.07) is 8.87. The first kappa shape index (κ1) is 16.4. The van der Waals surface area contributed by atoms with E-state index >= 15 is 0 Å². The summed E-state index contributed by atoms with van der Waals surface area (Å²) in [6.45, 7) is 2.16. The molecule has 0 bridgehead atoms. The van der Waals surface area contributed by atoms with E-state index < -0.39 is 4.92 Å². The predicted octanol–water partition coefficient (Wildman–Crippen LogP) is 2.31. The van der Waals surface area contributed by atoms with Gasteiger partial charge in [0.2, 0.25) is 5.82 Å². The lowest BCUT2D eigenvalue weighted by atomic mass is 10.1. The van der Waals surface area contributed by atoms with Gasteiger partial charge in [-0.25, -0.2) is 4.98 Å². The number of nitrogens with zero attached hydrogens (tertiary/aromatic N) is 2. The van der Waals surface area contributed by atoms with Crippen LogP contribution < -0.4 is 10.6 Å². The van der Waals surface area contributed by atoms with Gasteiger partial charge in [0, 0.05) is 30.9 Å². The lowest BCUT2D eigenvalue weighted by molar-refractivity contribution is -0.384. The van der Waals surface area contributed by atoms with E-state index in [0.717, 1.165) is 5.56 Å². The van der Waals surface area contributed by atoms with Crippen LogP contribution in [0.15, 0.2) is 36.5 Å². The number of hydrogen-bond donors (Lipinski definition) is 2. The molecule has 7 heteroatoms. The van der Waals surface area contributed by atoms with Crippen LogP contribution in [-0.2, 0) is 6.42 Å². The Kier molecular flexibility index (Phi) is 5.24. The minimum Gasteiger partial charge on any atom is -0.364 e. The highest BCUT2D eigenvalue weighted by molar-refractivity contribution is 5.94. The van der Waals surface area contributed by atoms with E-state index in [0.29, 0.717) is 24.1 Å². The molecule has 2 N–H and O–H groups in total. The first-order valence-corrected chi connectivity index (χ1v) is 7.18. The first-order valence-electron chi connectivity index (χ1n) is 7.18. The van der Waals surface area contributed by atoms with Crippen LogP contribution in [0, 0.1) is 17.0 Å². The SMILES string of the molecule is CNC(=O)c1cccc(CCNc2nccc(C)c2[N+](=O)[O-])c1. The van der Waals surface area contributed by atoms with Gasteiger partial charge in [-0.1, -0.05) is 12.1 Å². The van der Waals surface area contributed by atoms with E-state index in [1.807, 2.05) is 12.1 Å². The van der Waals surface area contributed by atoms with E-state index in [1.165, 1.54) is 6.20 Å². The summed E-state index contributed by atoms with van der Waals surface area (Å²) in [4.78, 5) is 26.3. The first-order chi connectivity index (χ1) is 11.0. The summed E-state index contributed by atoms with van der Waals surface area (Å²) in [7, 11) is 1.58. The molecule has 0 atom stereocenters. The van der Waals surface area contributed by atoms with Crippen molar-refractivity contribution in [3.8, 4) is 0 Å². The van der Waals surface area contributed by atoms with Crippen LogP contribution in [-0.4, -0.2) is 29.4 Å². The van der Waals surface area contributed by atoms with Crippen LogP contribution in [0.25, 0.3) is 0 Å². The van der Waals surface area contributed by atoms with Crippen LogP contribution in [0.4, 0.5) is 11.5 Å². The van der Waals surface area contributed by atoms with E-state index in [1.54, 1.807) is 32.2 Å². The topological polar surface area (TPSA) is 97.2 Å². The molecule has 0 saturated carbocycles. The third kappa shape index (κ3) is 4.03. The Hall–Kier alpha value is -2.96. The Balaban J connectivity index is 2.05. The molecule has 1 aromatic carbocycles. The van der Waals surface area contributed by atoms with Crippen molar-refractivity contribution < 1.29 is 9.72 Å². The number of aromatic nitrogens is 1. The lowest BCUT2D eigenvalue weighted by Crippen LogP contribution is -2.18. The molecule has 0 aliphatic rings. The average Bonchev–Trinajstić information content (AvgIpc) is 2.54. The normalized spacial score (nSPS) is 10.2. The molecule has 120 valence electrons. The maximum absolute atomic E-state index is 11.6. The van der Waals surface area contributed by atoms with Crippen molar-refractivity contribution in [3.63, 3.8) is 0 Å². The maximum atomic E-state index is 11.6. The van der Waals surface area contributed by atoms with E-state index in [-0.39, 0.29) is 17.4 Å². The number of nitro groups is 1. The van der Waals surface area contributed by atoms with Gasteiger partial charge < -0.3 is 10.6 Å². The third-order valence-electron chi connectivity index (χ3n) is 3.43. The Bertz CT molecular complexity index is 731. The smallest absolute Gasteiger partial charge is 0.314 e. The summed E-state index contributed by atoms with van der Waals surface area (Å²) in [6.07, 6.45) is 2.16. The maximum Gasteiger partial charge on any atom is 0.314 e. The largest absolute Gasteiger partial charge is 0.364 e. The summed E-state index contributed by atoms with van der Waals surface area (Å²) in [5, 5.41) is 16.7. The van der Waals surface area contributed by atoms with Crippen LogP contribution in [0.5, 0.6) is 0 Å². The zero-order valence-electron chi connectivity index (χ0n) is 13.0. The molecule has 0 saturated heterocycles. The molecule has 1 aromatic heterocycles. The van der Waals surface area contributed by atoms with E-state index in [2.05, 4.69) is 15.6 Å². The van der Waals surface area contributed by atoms with E-state index in [4.69, 9.17) is 0 Å². The highest BCUT2D eigenvalue weighted by atomic mass is 16.6. The molecule has 0 spiro atoms. The van der Waals surface area contributed by atoms with Gasteiger partial charge in [0.15, 0.2) is 0 Å². The van der Waals surface area contributed by atoms with Crippen molar-refractivity contribution in [2.75, 3.05) is 18.9 Å². The minimum atomic E-state index is -0.434. The lowest BCUT2D eigenvalue weighted by Gasteiger charge is -2.08. The number of aryl methyl sites for hydroxylation is 1. The van der Waals surface area contributed by atoms with Gasteiger partial charge in [-0.2, -0.15) is 0 Å². The van der Waals surface area contributed by atoms with Gasteiger partial charge in [-0.05, 0) is 37.1 Å². The van der Waals surface area contributed by atoms with Gasteiger partial charge in [-0.15, -0.1) is 0 Å². The molecule has 23 heavy (non-hydrogen) atoms. The standard InChI is InChI=1S/C16H18N4O3/c1-11-6-8-18-15(14(11)20(22)23)19-9-7-12-4-3-5-13(10-12)16(21)17-2/h3-6,8,10H,7,9H2,1-2H3,(H,17,21)(H,18,19). The fraction of sp³-hybridized carbons (Fsp3) is 0.250. The Morgan fingerprint density at radius 2 is 2.13 bits per heavy atom. The Morgan fingerprint density at radius 3 is 2.83 bits per heavy atom. The number of carbonyl (C=O) groups is 1. The Labute approximate surface area is 133 Å². The fourth-order valence-electron chi connectivity index (χ4n) is 2.25. The molecule has 0 aliphatic heterocycles. The van der Waals surface area contributed by atoms with Crippen LogP contribution in [0.3, 0.4) is 0 Å². The molecule has 0 unspecified atom stereocenters. The van der Waals surface area contributed by atoms with Crippen LogP contribution in [0.1, 0.15) is 21.5 Å². The van der Waals surface area contributed by atoms with Crippen LogP contribution >= 0.6 is 0 Å². The van der Waals surface area contributed by atoms with Crippen molar-refractivity contribution in [1.82, 2.24) is 10.3 Å². The zero-order chi connectivity index (χ0) is 16.8. The predicted molar refractivity (Wildman–Crippen MR) is 87.7 cm³/mol. The minimum absolute atomic E-state index is 0.00777. The number of amides is 1. The molecule has 2 aromatic rings. The van der Waals surface area contributed by atoms with Crippen molar-refractivity contribution in [2.24, 2.45) is 0 Å². The van der Waals surface area contributed by atoms with Gasteiger partial charge in [0.25, 0.3) is 5.91 Å². The molecular weight excluding hydrogens is 296 g/mol. The second-order valence-corrected chi connectivity index (χ2v) is 5.04. The highest BCUT2D eigenvalue weighted by Crippen LogP contribution is 2.25. The van der Waals surface area contributed by atoms with Gasteiger partial charge >= 0.3 is 5.69 Å². The van der Waals surface area contributed by atoms with Gasteiger partial charge in [0.05, 0.1) is 4.92 Å². The molecule has 1 heterocycles. The zero-order valence-corrected chi connectivity index (χ0v) is 13.0. The average molecular weight is 314 g/mol. The third-order valence-corrected chi connectivity index (χ3v) is 3.43. The molecule has 7 nitrogen and oxygen atoms in total. The number of carbonyl (C=O) groups excluding carboxylic acids is 1. The van der Waals surface area contributed by atoms with Gasteiger partial charge in [-0.3, -0.25) is 14.9 Å². The quantitative estimate of drug-likeness (QED) is 0.630. The highest BCUT2D eigenvalue weighted by Gasteiger charge is 2.17. The van der Waals surface area contributed by atoms with Crippen LogP contribution in [0.2, 0.25) is 0 Å². The monoisotopic (exact) mass is 314 g/mol. The number of pyridine rings is 1. The molecule has 0 fully saturated rings. The second kappa shape index (κ2) is 7.35. The molecule has 2 rings (SSSR count). The Morgan fingerprint density at radius 1 is 1.35 bits per heavy atom. The summed E-state index contributed by atoms with van der Waals surface area (Å²) < 4.78 is 0. The number of benzene rings is 1. The number of hydrogen-bond acceptors (Lipinski definition) is 5. The fourth-order valence-corrected chi connectivity index (χ4v) is 2.25.